The second-order valence-corrected chi connectivity index (χ2v) is 8.96. The normalized spacial score (nSPS) is 18.1. The molecule has 0 spiro atoms. The van der Waals surface area contributed by atoms with Crippen LogP contribution >= 0.6 is 0 Å². The summed E-state index contributed by atoms with van der Waals surface area (Å²) >= 11 is 0. The van der Waals surface area contributed by atoms with Crippen LogP contribution in [0.3, 0.4) is 0 Å². The summed E-state index contributed by atoms with van der Waals surface area (Å²) in [5.74, 6) is 1.09. The van der Waals surface area contributed by atoms with E-state index in [0.717, 1.165) is 55.9 Å². The number of fused-ring (bicyclic) bond motifs is 1. The molecule has 3 heterocycles. The first-order chi connectivity index (χ1) is 16.0. The maximum Gasteiger partial charge on any atom is 0.293 e. The molecule has 0 radical (unpaired) electrons. The number of H-pyrrole nitrogens is 1. The van der Waals surface area contributed by atoms with Gasteiger partial charge in [-0.1, -0.05) is 12.1 Å². The highest BCUT2D eigenvalue weighted by Gasteiger charge is 2.29. The van der Waals surface area contributed by atoms with Gasteiger partial charge < -0.3 is 19.7 Å². The lowest BCUT2D eigenvalue weighted by Gasteiger charge is -2.34. The molecule has 0 bridgehead atoms. The second kappa shape index (κ2) is 8.82. The minimum absolute atomic E-state index is 0.00237. The van der Waals surface area contributed by atoms with Crippen LogP contribution in [0.25, 0.3) is 11.0 Å². The van der Waals surface area contributed by atoms with Crippen LogP contribution in [0.4, 0.5) is 11.4 Å². The quantitative estimate of drug-likeness (QED) is 0.486. The molecule has 2 aliphatic heterocycles. The Balaban J connectivity index is 1.28. The Kier molecular flexibility index (Phi) is 5.72. The Bertz CT molecular complexity index is 1140. The van der Waals surface area contributed by atoms with Crippen LogP contribution in [0.1, 0.15) is 34.9 Å². The van der Waals surface area contributed by atoms with Gasteiger partial charge in [0.25, 0.3) is 11.6 Å². The molecule has 33 heavy (non-hydrogen) atoms. The molecule has 0 unspecified atom stereocenters. The third-order valence-corrected chi connectivity index (χ3v) is 6.84. The van der Waals surface area contributed by atoms with Gasteiger partial charge in [0, 0.05) is 56.8 Å². The zero-order chi connectivity index (χ0) is 22.9. The number of imidazole rings is 1. The van der Waals surface area contributed by atoms with E-state index in [1.165, 1.54) is 6.07 Å². The van der Waals surface area contributed by atoms with Crippen molar-refractivity contribution in [3.63, 3.8) is 0 Å². The van der Waals surface area contributed by atoms with Gasteiger partial charge in [-0.05, 0) is 44.2 Å². The van der Waals surface area contributed by atoms with Crippen molar-refractivity contribution in [1.29, 1.82) is 0 Å². The monoisotopic (exact) mass is 448 g/mol. The number of aromatic amines is 1. The molecule has 172 valence electrons. The molecular formula is C24H28N6O3. The van der Waals surface area contributed by atoms with Gasteiger partial charge in [-0.15, -0.1) is 0 Å². The standard InChI is InChI=1S/C24H28N6O3/c1-27-12-14-28(15-13-27)21-7-6-18(16-22(21)30(32)33)24(31)29-10-8-17(9-11-29)23-25-19-4-2-3-5-20(19)26-23/h2-7,16-17H,8-15H2,1H3,(H,25,26). The Labute approximate surface area is 192 Å². The number of nitro benzene ring substituents is 1. The van der Waals surface area contributed by atoms with Crippen molar-refractivity contribution in [2.24, 2.45) is 0 Å². The van der Waals surface area contributed by atoms with Crippen molar-refractivity contribution in [2.75, 3.05) is 51.2 Å². The Morgan fingerprint density at radius 1 is 1.06 bits per heavy atom. The van der Waals surface area contributed by atoms with Gasteiger partial charge in [-0.25, -0.2) is 4.98 Å². The van der Waals surface area contributed by atoms with Crippen molar-refractivity contribution in [3.05, 3.63) is 64.0 Å². The van der Waals surface area contributed by atoms with Crippen LogP contribution in [0.5, 0.6) is 0 Å². The summed E-state index contributed by atoms with van der Waals surface area (Å²) in [6.45, 7) is 4.40. The number of benzene rings is 2. The zero-order valence-corrected chi connectivity index (χ0v) is 18.7. The second-order valence-electron chi connectivity index (χ2n) is 8.96. The molecule has 9 heteroatoms. The fourth-order valence-electron chi connectivity index (χ4n) is 4.82. The van der Waals surface area contributed by atoms with Crippen molar-refractivity contribution < 1.29 is 9.72 Å². The van der Waals surface area contributed by atoms with Gasteiger partial charge in [0.2, 0.25) is 0 Å². The molecule has 2 fully saturated rings. The van der Waals surface area contributed by atoms with Gasteiger partial charge >= 0.3 is 0 Å². The van der Waals surface area contributed by atoms with E-state index in [4.69, 9.17) is 4.98 Å². The fraction of sp³-hybridized carbons (Fsp3) is 0.417. The zero-order valence-electron chi connectivity index (χ0n) is 18.7. The molecule has 0 atom stereocenters. The molecule has 0 saturated carbocycles. The number of hydrogen-bond acceptors (Lipinski definition) is 6. The first-order valence-electron chi connectivity index (χ1n) is 11.5. The fourth-order valence-corrected chi connectivity index (χ4v) is 4.82. The lowest BCUT2D eigenvalue weighted by molar-refractivity contribution is -0.384. The SMILES string of the molecule is CN1CCN(c2ccc(C(=O)N3CCC(c4nc5ccccc5[nH]4)CC3)cc2[N+](=O)[O-])CC1. The number of hydrogen-bond donors (Lipinski definition) is 1. The van der Waals surface area contributed by atoms with Gasteiger partial charge in [-0.2, -0.15) is 0 Å². The van der Waals surface area contributed by atoms with Crippen LogP contribution < -0.4 is 4.90 Å². The van der Waals surface area contributed by atoms with E-state index in [9.17, 15) is 14.9 Å². The number of nitrogens with zero attached hydrogens (tertiary/aromatic N) is 5. The van der Waals surface area contributed by atoms with Crippen molar-refractivity contribution in [3.8, 4) is 0 Å². The highest BCUT2D eigenvalue weighted by Crippen LogP contribution is 2.32. The molecule has 3 aromatic rings. The molecule has 2 aliphatic rings. The number of nitrogens with one attached hydrogen (secondary N) is 1. The molecular weight excluding hydrogens is 420 g/mol. The van der Waals surface area contributed by atoms with Gasteiger partial charge in [0.1, 0.15) is 11.5 Å². The summed E-state index contributed by atoms with van der Waals surface area (Å²) in [5, 5.41) is 11.8. The summed E-state index contributed by atoms with van der Waals surface area (Å²) in [6, 6.07) is 12.9. The summed E-state index contributed by atoms with van der Waals surface area (Å²) in [4.78, 5) is 38.7. The largest absolute Gasteiger partial charge is 0.363 e. The van der Waals surface area contributed by atoms with E-state index in [2.05, 4.69) is 9.88 Å². The maximum absolute atomic E-state index is 13.1. The average Bonchev–Trinajstić information content (AvgIpc) is 3.28. The molecule has 5 rings (SSSR count). The number of carbonyl (C=O) groups excluding carboxylic acids is 1. The Morgan fingerprint density at radius 2 is 1.79 bits per heavy atom. The minimum Gasteiger partial charge on any atom is -0.363 e. The van der Waals surface area contributed by atoms with E-state index in [0.29, 0.717) is 24.3 Å². The number of likely N-dealkylation sites (N-methyl/N-ethyl adjacent to an activating group) is 1. The minimum atomic E-state index is -0.377. The number of amides is 1. The highest BCUT2D eigenvalue weighted by atomic mass is 16.6. The number of para-hydroxylation sites is 2. The lowest BCUT2D eigenvalue weighted by atomic mass is 9.95. The van der Waals surface area contributed by atoms with Crippen LogP contribution in [0.2, 0.25) is 0 Å². The number of carbonyl (C=O) groups is 1. The number of piperidine rings is 1. The molecule has 9 nitrogen and oxygen atoms in total. The first kappa shape index (κ1) is 21.4. The summed E-state index contributed by atoms with van der Waals surface area (Å²) in [7, 11) is 2.05. The van der Waals surface area contributed by atoms with Crippen molar-refractivity contribution in [1.82, 2.24) is 19.8 Å². The van der Waals surface area contributed by atoms with E-state index in [1.54, 1.807) is 17.0 Å². The number of nitro groups is 1. The number of piperazine rings is 1. The average molecular weight is 449 g/mol. The first-order valence-corrected chi connectivity index (χ1v) is 11.5. The predicted molar refractivity (Wildman–Crippen MR) is 127 cm³/mol. The third kappa shape index (κ3) is 4.28. The van der Waals surface area contributed by atoms with Crippen molar-refractivity contribution in [2.45, 2.75) is 18.8 Å². The number of likely N-dealkylation sites (tertiary alicyclic amines) is 1. The smallest absolute Gasteiger partial charge is 0.293 e. The lowest BCUT2D eigenvalue weighted by Crippen LogP contribution is -2.44. The van der Waals surface area contributed by atoms with Gasteiger partial charge in [-0.3, -0.25) is 14.9 Å². The van der Waals surface area contributed by atoms with Crippen molar-refractivity contribution >= 4 is 28.3 Å². The molecule has 1 aromatic heterocycles. The van der Waals surface area contributed by atoms with Crippen LogP contribution in [-0.4, -0.2) is 76.9 Å². The molecule has 0 aliphatic carbocycles. The van der Waals surface area contributed by atoms with Gasteiger partial charge in [0.15, 0.2) is 0 Å². The summed E-state index contributed by atoms with van der Waals surface area (Å²) in [5.41, 5.74) is 2.95. The Hall–Kier alpha value is -3.46. The Morgan fingerprint density at radius 3 is 2.48 bits per heavy atom. The summed E-state index contributed by atoms with van der Waals surface area (Å²) < 4.78 is 0. The molecule has 2 aromatic carbocycles. The molecule has 2 saturated heterocycles. The topological polar surface area (TPSA) is 98.6 Å². The third-order valence-electron chi connectivity index (χ3n) is 6.84. The van der Waals surface area contributed by atoms with E-state index < -0.39 is 0 Å². The van der Waals surface area contributed by atoms with E-state index >= 15 is 0 Å². The molecule has 1 amide bonds. The maximum atomic E-state index is 13.1. The number of rotatable bonds is 4. The highest BCUT2D eigenvalue weighted by molar-refractivity contribution is 5.96. The van der Waals surface area contributed by atoms with E-state index in [-0.39, 0.29) is 22.4 Å². The van der Waals surface area contributed by atoms with Gasteiger partial charge in [0.05, 0.1) is 16.0 Å². The van der Waals surface area contributed by atoms with Crippen LogP contribution in [0, 0.1) is 10.1 Å². The molecule has 1 N–H and O–H groups in total. The van der Waals surface area contributed by atoms with E-state index in [1.807, 2.05) is 36.2 Å². The summed E-state index contributed by atoms with van der Waals surface area (Å²) in [6.07, 6.45) is 1.63. The number of anilines is 1. The number of aromatic nitrogens is 2. The van der Waals surface area contributed by atoms with Crippen LogP contribution in [0.15, 0.2) is 42.5 Å². The van der Waals surface area contributed by atoms with Crippen LogP contribution in [-0.2, 0) is 0 Å². The predicted octanol–water partition coefficient (Wildman–Crippen LogP) is 3.24.